The zero-order valence-corrected chi connectivity index (χ0v) is 11.1. The molecule has 5 nitrogen and oxygen atoms in total. The molecule has 0 saturated heterocycles. The lowest BCUT2D eigenvalue weighted by atomic mass is 10.2. The molecule has 0 aliphatic heterocycles. The summed E-state index contributed by atoms with van der Waals surface area (Å²) < 4.78 is 10.5. The van der Waals surface area contributed by atoms with Gasteiger partial charge in [0.2, 0.25) is 0 Å². The van der Waals surface area contributed by atoms with Crippen molar-refractivity contribution in [2.24, 2.45) is 0 Å². The monoisotopic (exact) mass is 259 g/mol. The summed E-state index contributed by atoms with van der Waals surface area (Å²) in [4.78, 5) is 8.31. The lowest BCUT2D eigenvalue weighted by Gasteiger charge is -2.10. The Morgan fingerprint density at radius 2 is 1.84 bits per heavy atom. The molecule has 0 amide bonds. The number of methoxy groups -OCH3 is 2. The molecular formula is C14H17N3O2. The minimum absolute atomic E-state index is 0.621. The highest BCUT2D eigenvalue weighted by Gasteiger charge is 2.04. The van der Waals surface area contributed by atoms with Crippen LogP contribution in [0.3, 0.4) is 0 Å². The largest absolute Gasteiger partial charge is 0.497 e. The number of hydrogen-bond donors (Lipinski definition) is 1. The lowest BCUT2D eigenvalue weighted by molar-refractivity contribution is 0.389. The second-order valence-corrected chi connectivity index (χ2v) is 3.95. The average Bonchev–Trinajstić information content (AvgIpc) is 2.48. The Morgan fingerprint density at radius 1 is 1.05 bits per heavy atom. The van der Waals surface area contributed by atoms with Gasteiger partial charge in [-0.2, -0.15) is 0 Å². The van der Waals surface area contributed by atoms with Crippen LogP contribution in [0.4, 0.5) is 0 Å². The highest BCUT2D eigenvalue weighted by Crippen LogP contribution is 2.24. The molecule has 0 fully saturated rings. The second kappa shape index (κ2) is 6.70. The smallest absolute Gasteiger partial charge is 0.141 e. The van der Waals surface area contributed by atoms with Crippen LogP contribution in [0.1, 0.15) is 11.4 Å². The molecule has 0 aliphatic rings. The number of nitrogens with zero attached hydrogens (tertiary/aromatic N) is 2. The summed E-state index contributed by atoms with van der Waals surface area (Å²) in [5.74, 6) is 2.36. The van der Waals surface area contributed by atoms with Crippen molar-refractivity contribution in [1.82, 2.24) is 15.3 Å². The fourth-order valence-corrected chi connectivity index (χ4v) is 1.73. The highest BCUT2D eigenvalue weighted by atomic mass is 16.5. The molecule has 2 rings (SSSR count). The lowest BCUT2D eigenvalue weighted by Crippen LogP contribution is -2.15. The van der Waals surface area contributed by atoms with Crippen LogP contribution in [0.15, 0.2) is 36.7 Å². The van der Waals surface area contributed by atoms with E-state index in [1.54, 1.807) is 32.7 Å². The van der Waals surface area contributed by atoms with Crippen molar-refractivity contribution >= 4 is 0 Å². The van der Waals surface area contributed by atoms with E-state index in [9.17, 15) is 0 Å². The predicted octanol–water partition coefficient (Wildman–Crippen LogP) is 1.78. The van der Waals surface area contributed by atoms with E-state index < -0.39 is 0 Å². The molecule has 0 bridgehead atoms. The van der Waals surface area contributed by atoms with E-state index in [1.165, 1.54) is 0 Å². The third-order valence-corrected chi connectivity index (χ3v) is 2.71. The van der Waals surface area contributed by atoms with Gasteiger partial charge < -0.3 is 14.8 Å². The van der Waals surface area contributed by atoms with Gasteiger partial charge in [0.15, 0.2) is 0 Å². The summed E-state index contributed by atoms with van der Waals surface area (Å²) >= 11 is 0. The quantitative estimate of drug-likeness (QED) is 0.857. The van der Waals surface area contributed by atoms with Crippen LogP contribution >= 0.6 is 0 Å². The Balaban J connectivity index is 1.96. The van der Waals surface area contributed by atoms with Crippen molar-refractivity contribution in [2.45, 2.75) is 13.1 Å². The number of rotatable bonds is 6. The molecule has 0 radical (unpaired) electrons. The maximum atomic E-state index is 5.34. The van der Waals surface area contributed by atoms with Gasteiger partial charge in [0.1, 0.15) is 17.3 Å². The molecule has 2 aromatic rings. The summed E-state index contributed by atoms with van der Waals surface area (Å²) in [6.07, 6.45) is 3.47. The number of ether oxygens (including phenoxy) is 2. The van der Waals surface area contributed by atoms with Gasteiger partial charge in [-0.05, 0) is 12.1 Å². The molecule has 19 heavy (non-hydrogen) atoms. The van der Waals surface area contributed by atoms with E-state index in [1.807, 2.05) is 18.2 Å². The van der Waals surface area contributed by atoms with E-state index in [4.69, 9.17) is 9.47 Å². The van der Waals surface area contributed by atoms with E-state index in [0.717, 1.165) is 22.9 Å². The summed E-state index contributed by atoms with van der Waals surface area (Å²) in [7, 11) is 3.29. The Hall–Kier alpha value is -2.14. The van der Waals surface area contributed by atoms with Crippen molar-refractivity contribution in [3.63, 3.8) is 0 Å². The van der Waals surface area contributed by atoms with Crippen molar-refractivity contribution in [3.05, 3.63) is 48.0 Å². The molecule has 0 spiro atoms. The van der Waals surface area contributed by atoms with Crippen LogP contribution in [-0.2, 0) is 13.1 Å². The maximum absolute atomic E-state index is 5.34. The van der Waals surface area contributed by atoms with Crippen molar-refractivity contribution < 1.29 is 9.47 Å². The first kappa shape index (κ1) is 13.3. The van der Waals surface area contributed by atoms with Gasteiger partial charge >= 0.3 is 0 Å². The van der Waals surface area contributed by atoms with E-state index in [-0.39, 0.29) is 0 Å². The zero-order chi connectivity index (χ0) is 13.5. The summed E-state index contributed by atoms with van der Waals surface area (Å²) in [5.41, 5.74) is 1.07. The first-order valence-corrected chi connectivity index (χ1v) is 6.01. The number of nitrogens with one attached hydrogen (secondary N) is 1. The first-order chi connectivity index (χ1) is 9.33. The second-order valence-electron chi connectivity index (χ2n) is 3.95. The third-order valence-electron chi connectivity index (χ3n) is 2.71. The summed E-state index contributed by atoms with van der Waals surface area (Å²) in [6.45, 7) is 1.31. The Morgan fingerprint density at radius 3 is 2.53 bits per heavy atom. The van der Waals surface area contributed by atoms with Crippen LogP contribution in [0.5, 0.6) is 11.5 Å². The van der Waals surface area contributed by atoms with Gasteiger partial charge in [-0.25, -0.2) is 9.97 Å². The van der Waals surface area contributed by atoms with E-state index in [2.05, 4.69) is 15.3 Å². The number of aromatic nitrogens is 2. The molecule has 0 aliphatic carbocycles. The number of benzene rings is 1. The minimum atomic E-state index is 0.621. The van der Waals surface area contributed by atoms with Gasteiger partial charge in [-0.1, -0.05) is 6.07 Å². The van der Waals surface area contributed by atoms with Crippen LogP contribution < -0.4 is 14.8 Å². The topological polar surface area (TPSA) is 56.3 Å². The summed E-state index contributed by atoms with van der Waals surface area (Å²) in [5, 5.41) is 3.28. The summed E-state index contributed by atoms with van der Waals surface area (Å²) in [6, 6.07) is 7.57. The zero-order valence-electron chi connectivity index (χ0n) is 11.1. The fraction of sp³-hybridized carbons (Fsp3) is 0.286. The van der Waals surface area contributed by atoms with Crippen LogP contribution in [0.2, 0.25) is 0 Å². The first-order valence-electron chi connectivity index (χ1n) is 6.01. The predicted molar refractivity (Wildman–Crippen MR) is 72.1 cm³/mol. The molecule has 5 heteroatoms. The van der Waals surface area contributed by atoms with Gasteiger partial charge in [0.05, 0.1) is 20.8 Å². The maximum Gasteiger partial charge on any atom is 0.141 e. The molecule has 1 aromatic carbocycles. The Kier molecular flexibility index (Phi) is 4.69. The Bertz CT molecular complexity index is 517. The van der Waals surface area contributed by atoms with Crippen molar-refractivity contribution in [2.75, 3.05) is 14.2 Å². The molecule has 0 atom stereocenters. The standard InChI is InChI=1S/C14H17N3O2/c1-18-12-5-4-11(13(8-12)19-2)9-15-10-14-16-6-3-7-17-14/h3-8,15H,9-10H2,1-2H3. The van der Waals surface area contributed by atoms with Gasteiger partial charge in [-0.3, -0.25) is 0 Å². The molecule has 1 heterocycles. The van der Waals surface area contributed by atoms with Gasteiger partial charge in [0, 0.05) is 30.6 Å². The fourth-order valence-electron chi connectivity index (χ4n) is 1.73. The normalized spacial score (nSPS) is 10.2. The van der Waals surface area contributed by atoms with Crippen LogP contribution in [0.25, 0.3) is 0 Å². The Labute approximate surface area is 112 Å². The SMILES string of the molecule is COc1ccc(CNCc2ncccn2)c(OC)c1. The van der Waals surface area contributed by atoms with E-state index >= 15 is 0 Å². The van der Waals surface area contributed by atoms with Gasteiger partial charge in [0.25, 0.3) is 0 Å². The van der Waals surface area contributed by atoms with Crippen molar-refractivity contribution in [3.8, 4) is 11.5 Å². The molecule has 0 saturated carbocycles. The van der Waals surface area contributed by atoms with Gasteiger partial charge in [-0.15, -0.1) is 0 Å². The molecule has 0 unspecified atom stereocenters. The molecule has 1 N–H and O–H groups in total. The number of hydrogen-bond acceptors (Lipinski definition) is 5. The van der Waals surface area contributed by atoms with Crippen LogP contribution in [0, 0.1) is 0 Å². The molecule has 100 valence electrons. The molecular weight excluding hydrogens is 242 g/mol. The van der Waals surface area contributed by atoms with E-state index in [0.29, 0.717) is 13.1 Å². The molecule has 1 aromatic heterocycles. The van der Waals surface area contributed by atoms with Crippen LogP contribution in [-0.4, -0.2) is 24.2 Å². The third kappa shape index (κ3) is 3.66. The van der Waals surface area contributed by atoms with Crippen molar-refractivity contribution in [1.29, 1.82) is 0 Å². The average molecular weight is 259 g/mol. The minimum Gasteiger partial charge on any atom is -0.497 e. The highest BCUT2D eigenvalue weighted by molar-refractivity contribution is 5.40.